The maximum atomic E-state index is 2.57. The van der Waals surface area contributed by atoms with E-state index in [2.05, 4.69) is 187 Å². The molecule has 2 heteroatoms. The first-order chi connectivity index (χ1) is 27.9. The predicted octanol–water partition coefficient (Wildman–Crippen LogP) is 14.7. The highest BCUT2D eigenvalue weighted by Crippen LogP contribution is 2.61. The number of para-hydroxylation sites is 3. The van der Waals surface area contributed by atoms with E-state index in [1.807, 2.05) is 0 Å². The Bertz CT molecular complexity index is 2780. The van der Waals surface area contributed by atoms with Gasteiger partial charge in [0.1, 0.15) is 0 Å². The summed E-state index contributed by atoms with van der Waals surface area (Å²) < 4.78 is 2.44. The topological polar surface area (TPSA) is 8.17 Å². The summed E-state index contributed by atoms with van der Waals surface area (Å²) in [5, 5.41) is 2.56. The monoisotopic (exact) mass is 736 g/mol. The third-order valence-electron chi connectivity index (χ3n) is 14.7. The van der Waals surface area contributed by atoms with Crippen LogP contribution in [0.3, 0.4) is 0 Å². The van der Waals surface area contributed by atoms with Crippen LogP contribution >= 0.6 is 0 Å². The highest BCUT2D eigenvalue weighted by molar-refractivity contribution is 6.09. The molecule has 2 nitrogen and oxygen atoms in total. The summed E-state index contributed by atoms with van der Waals surface area (Å²) in [6.07, 6.45) is 8.49. The fourth-order valence-electron chi connectivity index (χ4n) is 12.6. The van der Waals surface area contributed by atoms with E-state index in [0.29, 0.717) is 5.41 Å². The van der Waals surface area contributed by atoms with Crippen LogP contribution in [0.4, 0.5) is 17.1 Å². The lowest BCUT2D eigenvalue weighted by atomic mass is 9.48. The molecule has 0 spiro atoms. The molecule has 5 aliphatic carbocycles. The lowest BCUT2D eigenvalue weighted by molar-refractivity contribution is -0.00516. The Morgan fingerprint density at radius 1 is 0.474 bits per heavy atom. The van der Waals surface area contributed by atoms with Crippen LogP contribution in [0.2, 0.25) is 0 Å². The van der Waals surface area contributed by atoms with E-state index in [4.69, 9.17) is 0 Å². The number of hydrogen-bond donors (Lipinski definition) is 0. The van der Waals surface area contributed by atoms with Crippen LogP contribution < -0.4 is 4.90 Å². The minimum atomic E-state index is -0.0287. The summed E-state index contributed by atoms with van der Waals surface area (Å²) in [6.45, 7) is 4.75. The van der Waals surface area contributed by atoms with Crippen molar-refractivity contribution in [3.8, 4) is 27.9 Å². The van der Waals surface area contributed by atoms with Crippen molar-refractivity contribution in [1.29, 1.82) is 0 Å². The van der Waals surface area contributed by atoms with E-state index in [-0.39, 0.29) is 5.41 Å². The second-order valence-corrected chi connectivity index (χ2v) is 18.4. The molecule has 0 saturated heterocycles. The van der Waals surface area contributed by atoms with E-state index in [0.717, 1.165) is 17.8 Å². The number of rotatable bonds is 6. The molecule has 5 aliphatic rings. The highest BCUT2D eigenvalue weighted by Gasteiger charge is 2.51. The molecule has 57 heavy (non-hydrogen) atoms. The SMILES string of the molecule is CC1(C)c2ccccc2-c2cc(N(c3ccc(-c4ccccc4-n4c5ccccc5c5ccccc54)cc3)c3cccc(C45CC6CC(CC(C6)C4)C5)c3)ccc21. The van der Waals surface area contributed by atoms with Crippen molar-refractivity contribution in [3.05, 3.63) is 180 Å². The van der Waals surface area contributed by atoms with Gasteiger partial charge in [-0.1, -0.05) is 123 Å². The molecule has 4 saturated carbocycles. The number of anilines is 3. The molecule has 1 heterocycles. The van der Waals surface area contributed by atoms with Gasteiger partial charge in [-0.05, 0) is 150 Å². The zero-order valence-corrected chi connectivity index (χ0v) is 33.0. The summed E-state index contributed by atoms with van der Waals surface area (Å²) in [4.78, 5) is 2.53. The van der Waals surface area contributed by atoms with Gasteiger partial charge >= 0.3 is 0 Å². The molecule has 0 aliphatic heterocycles. The number of aromatic nitrogens is 1. The molecule has 8 aromatic rings. The Kier molecular flexibility index (Phi) is 7.20. The van der Waals surface area contributed by atoms with Crippen LogP contribution in [0.15, 0.2) is 164 Å². The highest BCUT2D eigenvalue weighted by atomic mass is 15.1. The first-order valence-corrected chi connectivity index (χ1v) is 21.3. The standard InChI is InChI=1S/C55H48N2/c1-54(2)49-18-7-3-15-45(49)48-32-43(26-27-50(48)54)56(42-13-11-12-40(31-42)55-33-36-28-37(34-55)30-38(29-36)35-55)41-24-22-39(23-25-41)44-14-4-8-19-51(44)57-52-20-9-5-16-46(52)47-17-6-10-21-53(47)57/h3-27,31-32,36-38H,28-30,33-35H2,1-2H3. The van der Waals surface area contributed by atoms with Crippen molar-refractivity contribution < 1.29 is 0 Å². The van der Waals surface area contributed by atoms with Crippen LogP contribution in [0.25, 0.3) is 49.7 Å². The van der Waals surface area contributed by atoms with E-state index in [9.17, 15) is 0 Å². The van der Waals surface area contributed by atoms with Crippen molar-refractivity contribution in [2.45, 2.75) is 63.2 Å². The smallest absolute Gasteiger partial charge is 0.0541 e. The van der Waals surface area contributed by atoms with Gasteiger partial charge in [-0.15, -0.1) is 0 Å². The van der Waals surface area contributed by atoms with Gasteiger partial charge in [-0.25, -0.2) is 0 Å². The Balaban J connectivity index is 0.996. The number of fused-ring (bicyclic) bond motifs is 6. The van der Waals surface area contributed by atoms with E-state index >= 15 is 0 Å². The first kappa shape index (κ1) is 33.3. The molecular weight excluding hydrogens is 689 g/mol. The molecule has 7 aromatic carbocycles. The predicted molar refractivity (Wildman–Crippen MR) is 238 cm³/mol. The lowest BCUT2D eigenvalue weighted by Crippen LogP contribution is -2.48. The summed E-state index contributed by atoms with van der Waals surface area (Å²) in [7, 11) is 0. The van der Waals surface area contributed by atoms with Crippen LogP contribution in [0.5, 0.6) is 0 Å². The largest absolute Gasteiger partial charge is 0.310 e. The van der Waals surface area contributed by atoms with Crippen molar-refractivity contribution in [2.24, 2.45) is 17.8 Å². The van der Waals surface area contributed by atoms with Gasteiger partial charge in [-0.2, -0.15) is 0 Å². The Labute approximate surface area is 336 Å². The molecule has 0 atom stereocenters. The third kappa shape index (κ3) is 5.02. The average Bonchev–Trinajstić information content (AvgIpc) is 3.69. The van der Waals surface area contributed by atoms with Crippen molar-refractivity contribution in [1.82, 2.24) is 4.57 Å². The summed E-state index contributed by atoms with van der Waals surface area (Å²) in [5.74, 6) is 2.73. The fraction of sp³-hybridized carbons (Fsp3) is 0.236. The molecule has 0 radical (unpaired) electrons. The maximum Gasteiger partial charge on any atom is 0.0541 e. The molecule has 0 amide bonds. The molecule has 0 N–H and O–H groups in total. The molecular formula is C55H48N2. The quantitative estimate of drug-likeness (QED) is 0.165. The van der Waals surface area contributed by atoms with E-state index < -0.39 is 0 Å². The van der Waals surface area contributed by atoms with Gasteiger partial charge in [0.05, 0.1) is 16.7 Å². The normalized spacial score (nSPS) is 22.5. The minimum absolute atomic E-state index is 0.0287. The van der Waals surface area contributed by atoms with Gasteiger partial charge in [0, 0.05) is 38.8 Å². The summed E-state index contributed by atoms with van der Waals surface area (Å²) in [6, 6.07) is 61.8. The van der Waals surface area contributed by atoms with Crippen molar-refractivity contribution in [2.75, 3.05) is 4.90 Å². The Morgan fingerprint density at radius 3 is 1.74 bits per heavy atom. The molecule has 0 unspecified atom stereocenters. The molecule has 4 bridgehead atoms. The summed E-state index contributed by atoms with van der Waals surface area (Å²) in [5.41, 5.74) is 17.1. The molecule has 4 fully saturated rings. The van der Waals surface area contributed by atoms with Crippen molar-refractivity contribution >= 4 is 38.9 Å². The Hall–Kier alpha value is -5.86. The average molecular weight is 737 g/mol. The number of nitrogens with zero attached hydrogens (tertiary/aromatic N) is 2. The molecule has 278 valence electrons. The van der Waals surface area contributed by atoms with Gasteiger partial charge in [0.25, 0.3) is 0 Å². The second kappa shape index (κ2) is 12.3. The summed E-state index contributed by atoms with van der Waals surface area (Å²) >= 11 is 0. The minimum Gasteiger partial charge on any atom is -0.310 e. The zero-order valence-electron chi connectivity index (χ0n) is 33.0. The second-order valence-electron chi connectivity index (χ2n) is 18.4. The van der Waals surface area contributed by atoms with E-state index in [1.165, 1.54) is 116 Å². The van der Waals surface area contributed by atoms with Gasteiger partial charge in [0.15, 0.2) is 0 Å². The zero-order chi connectivity index (χ0) is 37.9. The van der Waals surface area contributed by atoms with Gasteiger partial charge < -0.3 is 9.47 Å². The Morgan fingerprint density at radius 2 is 1.04 bits per heavy atom. The van der Waals surface area contributed by atoms with Gasteiger partial charge in [0.2, 0.25) is 0 Å². The van der Waals surface area contributed by atoms with Crippen molar-refractivity contribution in [3.63, 3.8) is 0 Å². The third-order valence-corrected chi connectivity index (χ3v) is 14.7. The van der Waals surface area contributed by atoms with Crippen LogP contribution in [0.1, 0.15) is 69.1 Å². The number of benzene rings is 7. The van der Waals surface area contributed by atoms with Crippen LogP contribution in [-0.4, -0.2) is 4.57 Å². The van der Waals surface area contributed by atoms with Crippen LogP contribution in [0, 0.1) is 17.8 Å². The molecule has 1 aromatic heterocycles. The first-order valence-electron chi connectivity index (χ1n) is 21.3. The fourth-order valence-corrected chi connectivity index (χ4v) is 12.6. The van der Waals surface area contributed by atoms with E-state index in [1.54, 1.807) is 5.56 Å². The van der Waals surface area contributed by atoms with Gasteiger partial charge in [-0.3, -0.25) is 0 Å². The number of hydrogen-bond acceptors (Lipinski definition) is 1. The lowest BCUT2D eigenvalue weighted by Gasteiger charge is -2.57. The van der Waals surface area contributed by atoms with Crippen LogP contribution in [-0.2, 0) is 10.8 Å². The molecule has 13 rings (SSSR count). The maximum absolute atomic E-state index is 2.57.